The number of halogens is 3. The predicted octanol–water partition coefficient (Wildman–Crippen LogP) is 6.87. The van der Waals surface area contributed by atoms with E-state index in [2.05, 4.69) is 19.6 Å². The van der Waals surface area contributed by atoms with Gasteiger partial charge >= 0.3 is 0 Å². The van der Waals surface area contributed by atoms with Gasteiger partial charge in [0.05, 0.1) is 5.69 Å². The number of imidazole rings is 1. The van der Waals surface area contributed by atoms with E-state index in [9.17, 15) is 9.59 Å². The first-order valence-corrected chi connectivity index (χ1v) is 17.5. The third-order valence-corrected chi connectivity index (χ3v) is 12.0. The number of fused-ring (bicyclic) bond motifs is 7. The Morgan fingerprint density at radius 1 is 1.11 bits per heavy atom. The Hall–Kier alpha value is -3.53. The molecule has 4 aromatic rings. The third-order valence-electron chi connectivity index (χ3n) is 11.5. The van der Waals surface area contributed by atoms with Crippen molar-refractivity contribution in [2.24, 2.45) is 5.92 Å². The van der Waals surface area contributed by atoms with Crippen LogP contribution in [0.25, 0.3) is 5.65 Å². The first-order chi connectivity index (χ1) is 22.8. The van der Waals surface area contributed by atoms with Crippen molar-refractivity contribution in [2.45, 2.75) is 75.3 Å². The SMILES string of the molecule is Cc1c(C(=O)N2CCCCC2)ccn2c3c(nc12)[C@@H]1[C@H](CC3)N(CC2CC2)[C@@]2(C(=O)Nc3cc(Cl)ccc32)[C@H]1c1ccnc(Cl)c1F. The number of rotatable bonds is 4. The predicted molar refractivity (Wildman–Crippen MR) is 178 cm³/mol. The number of pyridine rings is 2. The number of hydrogen-bond acceptors (Lipinski definition) is 5. The van der Waals surface area contributed by atoms with Crippen LogP contribution in [0.1, 0.15) is 88.8 Å². The second-order valence-corrected chi connectivity index (χ2v) is 14.8. The lowest BCUT2D eigenvalue weighted by atomic mass is 9.69. The van der Waals surface area contributed by atoms with Crippen molar-refractivity contribution in [3.8, 4) is 0 Å². The molecule has 9 rings (SSSR count). The number of carbonyl (C=O) groups excluding carboxylic acids is 2. The molecule has 1 spiro atoms. The first-order valence-electron chi connectivity index (χ1n) is 16.8. The molecule has 0 radical (unpaired) electrons. The van der Waals surface area contributed by atoms with Crippen LogP contribution in [-0.4, -0.2) is 61.7 Å². The molecule has 3 aromatic heterocycles. The summed E-state index contributed by atoms with van der Waals surface area (Å²) in [4.78, 5) is 42.0. The highest BCUT2D eigenvalue weighted by molar-refractivity contribution is 6.31. The van der Waals surface area contributed by atoms with E-state index in [1.165, 1.54) is 6.20 Å². The van der Waals surface area contributed by atoms with E-state index in [1.807, 2.05) is 36.2 Å². The first kappa shape index (κ1) is 29.6. The van der Waals surface area contributed by atoms with Gasteiger partial charge in [0, 0.05) is 83.0 Å². The Morgan fingerprint density at radius 3 is 2.70 bits per heavy atom. The number of hydrogen-bond donors (Lipinski definition) is 1. The minimum Gasteiger partial charge on any atom is -0.339 e. The largest absolute Gasteiger partial charge is 0.339 e. The van der Waals surface area contributed by atoms with E-state index in [4.69, 9.17) is 28.2 Å². The van der Waals surface area contributed by atoms with Crippen LogP contribution in [0.2, 0.25) is 10.2 Å². The van der Waals surface area contributed by atoms with Crippen LogP contribution >= 0.6 is 23.2 Å². The van der Waals surface area contributed by atoms with Crippen LogP contribution in [0.5, 0.6) is 0 Å². The summed E-state index contributed by atoms with van der Waals surface area (Å²) in [6, 6.07) is 9.05. The van der Waals surface area contributed by atoms with Gasteiger partial charge in [-0.1, -0.05) is 29.3 Å². The molecule has 5 aliphatic rings. The molecule has 11 heteroatoms. The highest BCUT2D eigenvalue weighted by Crippen LogP contribution is 2.65. The maximum absolute atomic E-state index is 16.3. The Morgan fingerprint density at radius 2 is 1.91 bits per heavy atom. The lowest BCUT2D eigenvalue weighted by Gasteiger charge is -2.40. The van der Waals surface area contributed by atoms with Crippen LogP contribution in [0.3, 0.4) is 0 Å². The van der Waals surface area contributed by atoms with Crippen molar-refractivity contribution in [3.63, 3.8) is 0 Å². The summed E-state index contributed by atoms with van der Waals surface area (Å²) in [6.07, 6.45) is 10.4. The minimum atomic E-state index is -1.20. The second kappa shape index (κ2) is 10.7. The third kappa shape index (κ3) is 4.21. The molecular formula is C36H35Cl2FN6O2. The molecule has 1 aromatic carbocycles. The summed E-state index contributed by atoms with van der Waals surface area (Å²) in [5.74, 6) is -1.25. The summed E-state index contributed by atoms with van der Waals surface area (Å²) in [6.45, 7) is 4.24. The van der Waals surface area contributed by atoms with Gasteiger partial charge in [-0.05, 0) is 87.6 Å². The number of benzene rings is 1. The number of nitrogens with zero attached hydrogens (tertiary/aromatic N) is 5. The summed E-state index contributed by atoms with van der Waals surface area (Å²) in [5, 5.41) is 3.45. The molecular weight excluding hydrogens is 638 g/mol. The fraction of sp³-hybridized carbons (Fsp3) is 0.444. The van der Waals surface area contributed by atoms with E-state index >= 15 is 4.39 Å². The summed E-state index contributed by atoms with van der Waals surface area (Å²) < 4.78 is 18.5. The quantitative estimate of drug-likeness (QED) is 0.240. The van der Waals surface area contributed by atoms with Gasteiger partial charge in [0.2, 0.25) is 5.91 Å². The lowest BCUT2D eigenvalue weighted by Crippen LogP contribution is -2.52. The molecule has 1 N–H and O–H groups in total. The van der Waals surface area contributed by atoms with E-state index in [0.29, 0.717) is 27.8 Å². The molecule has 2 aliphatic carbocycles. The van der Waals surface area contributed by atoms with Gasteiger partial charge in [0.1, 0.15) is 11.2 Å². The van der Waals surface area contributed by atoms with E-state index in [1.54, 1.807) is 12.1 Å². The number of aromatic nitrogens is 3. The van der Waals surface area contributed by atoms with Crippen LogP contribution in [-0.2, 0) is 16.8 Å². The van der Waals surface area contributed by atoms with Gasteiger partial charge in [-0.25, -0.2) is 14.4 Å². The van der Waals surface area contributed by atoms with Gasteiger partial charge < -0.3 is 14.6 Å². The highest BCUT2D eigenvalue weighted by Gasteiger charge is 2.69. The van der Waals surface area contributed by atoms with Crippen molar-refractivity contribution < 1.29 is 14.0 Å². The van der Waals surface area contributed by atoms with Crippen molar-refractivity contribution in [1.82, 2.24) is 24.2 Å². The molecule has 3 fully saturated rings. The van der Waals surface area contributed by atoms with Gasteiger partial charge in [-0.2, -0.15) is 0 Å². The van der Waals surface area contributed by atoms with Crippen LogP contribution in [0.4, 0.5) is 10.1 Å². The Labute approximate surface area is 282 Å². The normalized spacial score (nSPS) is 26.9. The van der Waals surface area contributed by atoms with Crippen LogP contribution in [0, 0.1) is 18.7 Å². The fourth-order valence-electron chi connectivity index (χ4n) is 9.23. The summed E-state index contributed by atoms with van der Waals surface area (Å²) in [5.41, 5.74) is 4.76. The number of carbonyl (C=O) groups is 2. The minimum absolute atomic E-state index is 0.0447. The highest BCUT2D eigenvalue weighted by atomic mass is 35.5. The zero-order valence-electron chi connectivity index (χ0n) is 26.1. The van der Waals surface area contributed by atoms with Crippen molar-refractivity contribution >= 4 is 46.4 Å². The standard InChI is InChI=1S/C36H35Cl2FN6O2/c1-19-22(34(46)43-14-3-2-4-15-43)12-16-44-27-10-9-26-28(31(27)42-33(19)44)29(23-11-13-40-32(38)30(23)39)36(45(26)18-20-5-6-20)24-8-7-21(37)17-25(24)41-35(36)47/h7-8,11-13,16-17,20,26,28-29H,2-6,9-10,14-15,18H2,1H3,(H,41,47)/t26-,28+,29-,36+/m0/s1. The summed E-state index contributed by atoms with van der Waals surface area (Å²) >= 11 is 12.8. The van der Waals surface area contributed by atoms with E-state index < -0.39 is 17.3 Å². The molecule has 1 saturated carbocycles. The van der Waals surface area contributed by atoms with Crippen molar-refractivity contribution in [1.29, 1.82) is 0 Å². The van der Waals surface area contributed by atoms with Crippen LogP contribution in [0.15, 0.2) is 42.7 Å². The number of nitrogens with one attached hydrogen (secondary N) is 1. The van der Waals surface area contributed by atoms with Crippen molar-refractivity contribution in [3.05, 3.63) is 92.4 Å². The summed E-state index contributed by atoms with van der Waals surface area (Å²) in [7, 11) is 0. The number of amides is 2. The fourth-order valence-corrected chi connectivity index (χ4v) is 9.57. The molecule has 2 amide bonds. The smallest absolute Gasteiger partial charge is 0.254 e. The number of anilines is 1. The maximum atomic E-state index is 16.3. The zero-order valence-corrected chi connectivity index (χ0v) is 27.6. The van der Waals surface area contributed by atoms with Gasteiger partial charge in [-0.15, -0.1) is 0 Å². The molecule has 242 valence electrons. The number of likely N-dealkylation sites (tertiary alicyclic amines) is 2. The average molecular weight is 674 g/mol. The molecule has 4 atom stereocenters. The second-order valence-electron chi connectivity index (χ2n) is 14.0. The van der Waals surface area contributed by atoms with Crippen molar-refractivity contribution in [2.75, 3.05) is 25.0 Å². The molecule has 0 bridgehead atoms. The van der Waals surface area contributed by atoms with Gasteiger partial charge in [0.25, 0.3) is 5.91 Å². The van der Waals surface area contributed by atoms with Gasteiger partial charge in [-0.3, -0.25) is 14.5 Å². The monoisotopic (exact) mass is 672 g/mol. The number of aryl methyl sites for hydroxylation is 2. The molecule has 0 unspecified atom stereocenters. The lowest BCUT2D eigenvalue weighted by molar-refractivity contribution is -0.128. The molecule has 3 aliphatic heterocycles. The molecule has 6 heterocycles. The van der Waals surface area contributed by atoms with Crippen LogP contribution < -0.4 is 5.32 Å². The van der Waals surface area contributed by atoms with E-state index in [-0.39, 0.29) is 28.9 Å². The Bertz CT molecular complexity index is 1990. The Kier molecular flexibility index (Phi) is 6.76. The average Bonchev–Trinajstić information content (AvgIpc) is 3.65. The Balaban J connectivity index is 1.27. The topological polar surface area (TPSA) is 82.8 Å². The number of piperidine rings is 1. The zero-order chi connectivity index (χ0) is 32.2. The van der Waals surface area contributed by atoms with E-state index in [0.717, 1.165) is 92.7 Å². The molecule has 2 saturated heterocycles. The van der Waals surface area contributed by atoms with Gasteiger partial charge in [0.15, 0.2) is 11.0 Å². The maximum Gasteiger partial charge on any atom is 0.254 e. The molecule has 47 heavy (non-hydrogen) atoms. The molecule has 8 nitrogen and oxygen atoms in total.